The van der Waals surface area contributed by atoms with Crippen LogP contribution < -0.4 is 28.7 Å². The minimum absolute atomic E-state index is 0.475. The van der Waals surface area contributed by atoms with Crippen LogP contribution in [-0.2, 0) is 60.5 Å². The summed E-state index contributed by atoms with van der Waals surface area (Å²) in [5.74, 6) is 2.50. The number of hydrogen-bond donors (Lipinski definition) is 0. The van der Waals surface area contributed by atoms with Gasteiger partial charge in [-0.1, -0.05) is 155 Å². The fraction of sp³-hybridized carbons (Fsp3) is 0.438. The third-order valence-electron chi connectivity index (χ3n) is 13.4. The Morgan fingerprint density at radius 1 is 0.306 bits per heavy atom. The molecule has 0 saturated heterocycles. The maximum Gasteiger partial charge on any atom is 0.462 e. The van der Waals surface area contributed by atoms with Crippen LogP contribution in [0.15, 0.2) is 97.1 Å². The first-order valence-corrected chi connectivity index (χ1v) is 30.4. The summed E-state index contributed by atoms with van der Waals surface area (Å²) in [6.45, 7) is 25.8. The maximum atomic E-state index is 15.9. The first-order valence-electron chi connectivity index (χ1n) is 27.4. The quantitative estimate of drug-likeness (QED) is 0.0479. The van der Waals surface area contributed by atoms with Crippen molar-refractivity contribution >= 4 is 25.8 Å². The van der Waals surface area contributed by atoms with Crippen molar-refractivity contribution < 1.29 is 27.2 Å². The van der Waals surface area contributed by atoms with Crippen molar-refractivity contribution in [3.63, 3.8) is 0 Å². The lowest BCUT2D eigenvalue weighted by Gasteiger charge is -2.26. The van der Waals surface area contributed by atoms with E-state index in [-0.39, 0.29) is 0 Å². The molecule has 6 nitrogen and oxygen atoms in total. The lowest BCUT2D eigenvalue weighted by molar-refractivity contribution is 0.393. The van der Waals surface area contributed by atoms with Gasteiger partial charge in [-0.05, 0) is 205 Å². The second kappa shape index (κ2) is 26.3. The van der Waals surface area contributed by atoms with Crippen molar-refractivity contribution in [2.24, 2.45) is 0 Å². The van der Waals surface area contributed by atoms with Crippen molar-refractivity contribution in [3.05, 3.63) is 164 Å². The highest BCUT2D eigenvalue weighted by molar-refractivity contribution is 7.63. The van der Waals surface area contributed by atoms with E-state index in [1.54, 1.807) is 0 Å². The van der Waals surface area contributed by atoms with Gasteiger partial charge in [-0.3, -0.25) is 0 Å². The molecule has 0 bridgehead atoms. The Morgan fingerprint density at radius 2 is 0.514 bits per heavy atom. The summed E-state index contributed by atoms with van der Waals surface area (Å²) in [7, 11) is -8.11. The summed E-state index contributed by atoms with van der Waals surface area (Å²) in [5.41, 5.74) is 15.4. The van der Waals surface area contributed by atoms with E-state index in [0.717, 1.165) is 158 Å². The van der Waals surface area contributed by atoms with Gasteiger partial charge in [0.05, 0.1) is 10.6 Å². The third-order valence-corrected chi connectivity index (χ3v) is 17.0. The second-order valence-electron chi connectivity index (χ2n) is 20.1. The molecular formula is C64H84O6P2. The standard InChI is InChI=1S/C64H84O6P2/c1-13-21-51-37-45(9)41-61(57(51)25-17-5)67-71(65,68-62-42-46(10)38-52(22-14-2)58(62)26-18-6)55-33-29-49(30-34-55)50-31-35-56(36-32-50)72(66,69-63-43-47(11)39-53(23-15-3)59(63)27-19-7)70-64-44-48(12)40-54(24-16-4)60(64)28-20-8/h29-44H,13-28H2,1-12H3. The molecule has 0 atom stereocenters. The number of hydrogen-bond acceptors (Lipinski definition) is 6. The smallest absolute Gasteiger partial charge is 0.412 e. The highest BCUT2D eigenvalue weighted by atomic mass is 31.2. The van der Waals surface area contributed by atoms with Crippen LogP contribution in [-0.4, -0.2) is 0 Å². The summed E-state index contributed by atoms with van der Waals surface area (Å²) < 4.78 is 59.4. The molecule has 0 aromatic heterocycles. The molecule has 6 aromatic rings. The number of benzene rings is 6. The predicted octanol–water partition coefficient (Wildman–Crippen LogP) is 18.2. The maximum absolute atomic E-state index is 15.9. The Hall–Kier alpha value is -5.02. The predicted molar refractivity (Wildman–Crippen MR) is 306 cm³/mol. The van der Waals surface area contributed by atoms with Crippen molar-refractivity contribution in [1.29, 1.82) is 0 Å². The summed E-state index contributed by atoms with van der Waals surface area (Å²) in [4.78, 5) is 0. The Labute approximate surface area is 434 Å². The highest BCUT2D eigenvalue weighted by Gasteiger charge is 2.36. The topological polar surface area (TPSA) is 71.1 Å². The largest absolute Gasteiger partial charge is 0.462 e. The van der Waals surface area contributed by atoms with E-state index < -0.39 is 15.2 Å². The molecule has 0 heterocycles. The van der Waals surface area contributed by atoms with Crippen molar-refractivity contribution in [1.82, 2.24) is 0 Å². The van der Waals surface area contributed by atoms with Gasteiger partial charge in [0.2, 0.25) is 0 Å². The summed E-state index contributed by atoms with van der Waals surface area (Å²) in [6.07, 6.45) is 14.6. The Bertz CT molecular complexity index is 2510. The zero-order valence-corrected chi connectivity index (χ0v) is 47.7. The van der Waals surface area contributed by atoms with Gasteiger partial charge in [-0.15, -0.1) is 0 Å². The molecule has 8 heteroatoms. The van der Waals surface area contributed by atoms with E-state index in [2.05, 4.69) is 107 Å². The first kappa shape index (κ1) is 56.3. The molecular weight excluding hydrogens is 927 g/mol. The van der Waals surface area contributed by atoms with E-state index >= 15 is 9.13 Å². The molecule has 6 aromatic carbocycles. The Balaban J connectivity index is 1.46. The van der Waals surface area contributed by atoms with Crippen LogP contribution in [0.2, 0.25) is 0 Å². The molecule has 0 radical (unpaired) electrons. The lowest BCUT2D eigenvalue weighted by atomic mass is 9.96. The second-order valence-corrected chi connectivity index (χ2v) is 23.8. The summed E-state index contributed by atoms with van der Waals surface area (Å²) in [5, 5.41) is 0.950. The lowest BCUT2D eigenvalue weighted by Crippen LogP contribution is -2.17. The van der Waals surface area contributed by atoms with Gasteiger partial charge in [0.1, 0.15) is 23.0 Å². The van der Waals surface area contributed by atoms with E-state index in [0.29, 0.717) is 33.6 Å². The number of aryl methyl sites for hydroxylation is 8. The molecule has 6 rings (SSSR count). The third kappa shape index (κ3) is 13.8. The van der Waals surface area contributed by atoms with Gasteiger partial charge in [0.25, 0.3) is 0 Å². The molecule has 0 saturated carbocycles. The van der Waals surface area contributed by atoms with Crippen LogP contribution in [0, 0.1) is 27.7 Å². The zero-order chi connectivity index (χ0) is 52.0. The average Bonchev–Trinajstić information content (AvgIpc) is 3.33. The molecule has 386 valence electrons. The highest BCUT2D eigenvalue weighted by Crippen LogP contribution is 2.53. The fourth-order valence-electron chi connectivity index (χ4n) is 10.3. The molecule has 0 spiro atoms. The van der Waals surface area contributed by atoms with Gasteiger partial charge in [-0.2, -0.15) is 0 Å². The average molecular weight is 1010 g/mol. The van der Waals surface area contributed by atoms with Crippen LogP contribution in [0.3, 0.4) is 0 Å². The normalized spacial score (nSPS) is 11.8. The van der Waals surface area contributed by atoms with Crippen LogP contribution in [0.25, 0.3) is 11.1 Å². The van der Waals surface area contributed by atoms with E-state index in [9.17, 15) is 0 Å². The minimum atomic E-state index is -4.05. The van der Waals surface area contributed by atoms with Gasteiger partial charge in [-0.25, -0.2) is 9.13 Å². The number of rotatable bonds is 27. The molecule has 0 amide bonds. The summed E-state index contributed by atoms with van der Waals surface area (Å²) in [6, 6.07) is 32.5. The van der Waals surface area contributed by atoms with E-state index in [4.69, 9.17) is 18.1 Å². The molecule has 0 N–H and O–H groups in total. The monoisotopic (exact) mass is 1010 g/mol. The van der Waals surface area contributed by atoms with Gasteiger partial charge >= 0.3 is 15.2 Å². The molecule has 0 aliphatic carbocycles. The zero-order valence-electron chi connectivity index (χ0n) is 45.9. The molecule has 0 aliphatic heterocycles. The van der Waals surface area contributed by atoms with Crippen LogP contribution in [0.4, 0.5) is 0 Å². The molecule has 0 fully saturated rings. The van der Waals surface area contributed by atoms with Gasteiger partial charge < -0.3 is 18.1 Å². The van der Waals surface area contributed by atoms with Crippen molar-refractivity contribution in [2.45, 2.75) is 186 Å². The van der Waals surface area contributed by atoms with Crippen molar-refractivity contribution in [3.8, 4) is 34.1 Å². The van der Waals surface area contributed by atoms with Crippen LogP contribution in [0.5, 0.6) is 23.0 Å². The Morgan fingerprint density at radius 3 is 0.708 bits per heavy atom. The van der Waals surface area contributed by atoms with Crippen LogP contribution in [0.1, 0.15) is 174 Å². The fourth-order valence-corrected chi connectivity index (χ4v) is 13.5. The Kier molecular flexibility index (Phi) is 20.5. The first-order chi connectivity index (χ1) is 34.7. The van der Waals surface area contributed by atoms with E-state index in [1.807, 2.05) is 72.8 Å². The molecule has 0 unspecified atom stereocenters. The SMILES string of the molecule is CCCc1cc(C)cc(OP(=O)(Oc2cc(C)cc(CCC)c2CCC)c2ccc(-c3ccc(P(=O)(Oc4cc(C)cc(CCC)c4CCC)Oc4cc(C)cc(CCC)c4CCC)cc3)cc2)c1CCC. The van der Waals surface area contributed by atoms with Crippen molar-refractivity contribution in [2.75, 3.05) is 0 Å². The minimum Gasteiger partial charge on any atom is -0.412 e. The van der Waals surface area contributed by atoms with Crippen LogP contribution >= 0.6 is 15.2 Å². The van der Waals surface area contributed by atoms with Gasteiger partial charge in [0, 0.05) is 0 Å². The van der Waals surface area contributed by atoms with E-state index in [1.165, 1.54) is 22.3 Å². The molecule has 72 heavy (non-hydrogen) atoms. The van der Waals surface area contributed by atoms with Gasteiger partial charge in [0.15, 0.2) is 0 Å². The molecule has 0 aliphatic rings. The summed E-state index contributed by atoms with van der Waals surface area (Å²) >= 11 is 0.